The summed E-state index contributed by atoms with van der Waals surface area (Å²) in [6.45, 7) is 4.66. The lowest BCUT2D eigenvalue weighted by molar-refractivity contribution is -0.140. The van der Waals surface area contributed by atoms with E-state index in [1.165, 1.54) is 29.2 Å². The molecular weight excluding hydrogens is 399 g/mol. The molecule has 1 fully saturated rings. The first kappa shape index (κ1) is 22.5. The van der Waals surface area contributed by atoms with Crippen LogP contribution in [0.25, 0.3) is 5.76 Å². The van der Waals surface area contributed by atoms with Crippen LogP contribution >= 0.6 is 0 Å². The first-order valence-electron chi connectivity index (χ1n) is 10.1. The maximum atomic E-state index is 13.3. The maximum absolute atomic E-state index is 13.3. The van der Waals surface area contributed by atoms with E-state index in [1.54, 1.807) is 24.3 Å². The highest BCUT2D eigenvalue weighted by Gasteiger charge is 2.46. The van der Waals surface area contributed by atoms with Crippen LogP contribution < -0.4 is 4.74 Å². The van der Waals surface area contributed by atoms with Gasteiger partial charge in [0.2, 0.25) is 0 Å². The van der Waals surface area contributed by atoms with Gasteiger partial charge < -0.3 is 19.6 Å². The smallest absolute Gasteiger partial charge is 0.295 e. The SMILES string of the molecule is CC(C)Oc1cccc(C2/C(=C(/O)c3ccc(F)cc3)C(=O)C(=O)N2CCN(C)C)c1. The summed E-state index contributed by atoms with van der Waals surface area (Å²) in [7, 11) is 3.75. The van der Waals surface area contributed by atoms with Crippen molar-refractivity contribution in [2.45, 2.75) is 26.0 Å². The van der Waals surface area contributed by atoms with Crippen LogP contribution in [0.1, 0.15) is 31.0 Å². The second-order valence-electron chi connectivity index (χ2n) is 8.04. The lowest BCUT2D eigenvalue weighted by atomic mass is 9.95. The lowest BCUT2D eigenvalue weighted by Crippen LogP contribution is -2.35. The van der Waals surface area contributed by atoms with Crippen molar-refractivity contribution in [3.8, 4) is 5.75 Å². The molecule has 164 valence electrons. The Bertz CT molecular complexity index is 999. The number of rotatable bonds is 7. The van der Waals surface area contributed by atoms with Gasteiger partial charge in [-0.15, -0.1) is 0 Å². The van der Waals surface area contributed by atoms with Gasteiger partial charge in [-0.2, -0.15) is 0 Å². The number of carbonyl (C=O) groups is 2. The van der Waals surface area contributed by atoms with E-state index in [9.17, 15) is 19.1 Å². The Kier molecular flexibility index (Phi) is 6.75. The fourth-order valence-corrected chi connectivity index (χ4v) is 3.56. The second-order valence-corrected chi connectivity index (χ2v) is 8.04. The molecule has 0 bridgehead atoms. The number of Topliss-reactive ketones (excluding diaryl/α,β-unsaturated/α-hetero) is 1. The number of halogens is 1. The molecule has 7 heteroatoms. The highest BCUT2D eigenvalue weighted by Crippen LogP contribution is 2.40. The molecule has 1 unspecified atom stereocenters. The van der Waals surface area contributed by atoms with Crippen molar-refractivity contribution < 1.29 is 23.8 Å². The third kappa shape index (κ3) is 4.94. The van der Waals surface area contributed by atoms with E-state index in [2.05, 4.69) is 0 Å². The van der Waals surface area contributed by atoms with Crippen molar-refractivity contribution >= 4 is 17.4 Å². The Morgan fingerprint density at radius 2 is 1.84 bits per heavy atom. The van der Waals surface area contributed by atoms with Crippen LogP contribution in [0.15, 0.2) is 54.1 Å². The van der Waals surface area contributed by atoms with Crippen LogP contribution in [0.2, 0.25) is 0 Å². The highest BCUT2D eigenvalue weighted by molar-refractivity contribution is 6.46. The molecule has 0 aliphatic carbocycles. The molecule has 1 heterocycles. The number of amides is 1. The average Bonchev–Trinajstić information content (AvgIpc) is 2.96. The molecule has 1 saturated heterocycles. The summed E-state index contributed by atoms with van der Waals surface area (Å²) in [5, 5.41) is 11.0. The number of hydrogen-bond donors (Lipinski definition) is 1. The highest BCUT2D eigenvalue weighted by atomic mass is 19.1. The Morgan fingerprint density at radius 3 is 2.45 bits per heavy atom. The summed E-state index contributed by atoms with van der Waals surface area (Å²) in [5.41, 5.74) is 0.906. The number of likely N-dealkylation sites (tertiary alicyclic amines) is 1. The van der Waals surface area contributed by atoms with Crippen molar-refractivity contribution in [2.75, 3.05) is 27.2 Å². The maximum Gasteiger partial charge on any atom is 0.295 e. The molecule has 0 spiro atoms. The van der Waals surface area contributed by atoms with Gasteiger partial charge in [0.25, 0.3) is 11.7 Å². The minimum Gasteiger partial charge on any atom is -0.507 e. The Labute approximate surface area is 181 Å². The number of hydrogen-bond acceptors (Lipinski definition) is 5. The van der Waals surface area contributed by atoms with E-state index < -0.39 is 23.5 Å². The van der Waals surface area contributed by atoms with Crippen LogP contribution in [0, 0.1) is 5.82 Å². The molecular formula is C24H27FN2O4. The number of benzene rings is 2. The molecule has 0 aromatic heterocycles. The van der Waals surface area contributed by atoms with Crippen molar-refractivity contribution in [1.82, 2.24) is 9.80 Å². The van der Waals surface area contributed by atoms with Crippen molar-refractivity contribution in [3.63, 3.8) is 0 Å². The molecule has 2 aromatic rings. The molecule has 0 saturated carbocycles. The number of carbonyl (C=O) groups excluding carboxylic acids is 2. The molecule has 1 N–H and O–H groups in total. The van der Waals surface area contributed by atoms with Gasteiger partial charge >= 0.3 is 0 Å². The van der Waals surface area contributed by atoms with Gasteiger partial charge in [0.1, 0.15) is 17.3 Å². The summed E-state index contributed by atoms with van der Waals surface area (Å²) >= 11 is 0. The quantitative estimate of drug-likeness (QED) is 0.416. The molecule has 6 nitrogen and oxygen atoms in total. The van der Waals surface area contributed by atoms with Crippen LogP contribution in [-0.4, -0.2) is 59.9 Å². The summed E-state index contributed by atoms with van der Waals surface area (Å²) in [4.78, 5) is 29.2. The van der Waals surface area contributed by atoms with Gasteiger partial charge in [-0.3, -0.25) is 9.59 Å². The molecule has 1 atom stereocenters. The standard InChI is InChI=1S/C24H27FN2O4/c1-15(2)31-19-7-5-6-17(14-19)21-20(22(28)16-8-10-18(25)11-9-16)23(29)24(30)27(21)13-12-26(3)4/h5-11,14-15,21,28H,12-13H2,1-4H3/b22-20-. The summed E-state index contributed by atoms with van der Waals surface area (Å²) in [6.07, 6.45) is -0.0467. The molecule has 1 aliphatic heterocycles. The average molecular weight is 426 g/mol. The zero-order valence-electron chi connectivity index (χ0n) is 18.1. The van der Waals surface area contributed by atoms with E-state index in [-0.39, 0.29) is 23.0 Å². The van der Waals surface area contributed by atoms with Crippen LogP contribution in [-0.2, 0) is 9.59 Å². The van der Waals surface area contributed by atoms with Gasteiger partial charge in [-0.25, -0.2) is 4.39 Å². The van der Waals surface area contributed by atoms with Crippen molar-refractivity contribution in [2.24, 2.45) is 0 Å². The summed E-state index contributed by atoms with van der Waals surface area (Å²) in [5.74, 6) is -1.62. The third-order valence-corrected chi connectivity index (χ3v) is 4.99. The summed E-state index contributed by atoms with van der Waals surface area (Å²) < 4.78 is 19.1. The molecule has 31 heavy (non-hydrogen) atoms. The molecule has 0 radical (unpaired) electrons. The predicted octanol–water partition coefficient (Wildman–Crippen LogP) is 3.60. The van der Waals surface area contributed by atoms with E-state index >= 15 is 0 Å². The predicted molar refractivity (Wildman–Crippen MR) is 116 cm³/mol. The van der Waals surface area contributed by atoms with Gasteiger partial charge in [0.05, 0.1) is 17.7 Å². The Balaban J connectivity index is 2.13. The van der Waals surface area contributed by atoms with Crippen LogP contribution in [0.3, 0.4) is 0 Å². The first-order valence-corrected chi connectivity index (χ1v) is 10.1. The minimum absolute atomic E-state index is 0.0166. The van der Waals surface area contributed by atoms with Crippen molar-refractivity contribution in [1.29, 1.82) is 0 Å². The van der Waals surface area contributed by atoms with Gasteiger partial charge in [0.15, 0.2) is 0 Å². The van der Waals surface area contributed by atoms with Gasteiger partial charge in [-0.1, -0.05) is 12.1 Å². The number of aliphatic hydroxyl groups is 1. The molecule has 3 rings (SSSR count). The largest absolute Gasteiger partial charge is 0.507 e. The zero-order valence-corrected chi connectivity index (χ0v) is 18.1. The van der Waals surface area contributed by atoms with E-state index in [4.69, 9.17) is 4.74 Å². The van der Waals surface area contributed by atoms with E-state index in [1.807, 2.05) is 32.8 Å². The first-order chi connectivity index (χ1) is 14.7. The van der Waals surface area contributed by atoms with Crippen molar-refractivity contribution in [3.05, 3.63) is 71.0 Å². The number of aliphatic hydroxyl groups excluding tert-OH is 1. The zero-order chi connectivity index (χ0) is 22.7. The number of ether oxygens (including phenoxy) is 1. The van der Waals surface area contributed by atoms with Gasteiger partial charge in [0, 0.05) is 18.7 Å². The number of likely N-dealkylation sites (N-methyl/N-ethyl adjacent to an activating group) is 1. The Morgan fingerprint density at radius 1 is 1.16 bits per heavy atom. The Hall–Kier alpha value is -3.19. The molecule has 1 aliphatic rings. The molecule has 1 amide bonds. The molecule has 2 aromatic carbocycles. The van der Waals surface area contributed by atoms with Crippen LogP contribution in [0.4, 0.5) is 4.39 Å². The third-order valence-electron chi connectivity index (χ3n) is 4.99. The minimum atomic E-state index is -0.777. The summed E-state index contributed by atoms with van der Waals surface area (Å²) in [6, 6.07) is 11.5. The van der Waals surface area contributed by atoms with E-state index in [0.717, 1.165) is 0 Å². The number of nitrogens with zero attached hydrogens (tertiary/aromatic N) is 2. The van der Waals surface area contributed by atoms with E-state index in [0.29, 0.717) is 24.4 Å². The van der Waals surface area contributed by atoms with Crippen LogP contribution in [0.5, 0.6) is 5.75 Å². The fourth-order valence-electron chi connectivity index (χ4n) is 3.56. The monoisotopic (exact) mass is 426 g/mol. The number of ketones is 1. The second kappa shape index (κ2) is 9.31. The normalized spacial score (nSPS) is 18.3. The fraction of sp³-hybridized carbons (Fsp3) is 0.333. The topological polar surface area (TPSA) is 70.1 Å². The lowest BCUT2D eigenvalue weighted by Gasteiger charge is -2.27. The van der Waals surface area contributed by atoms with Gasteiger partial charge in [-0.05, 0) is 69.9 Å².